The molecule has 2 N–H and O–H groups in total. The van der Waals surface area contributed by atoms with Crippen LogP contribution in [0.2, 0.25) is 0 Å². The van der Waals surface area contributed by atoms with E-state index in [-0.39, 0.29) is 0 Å². The van der Waals surface area contributed by atoms with E-state index in [1.807, 2.05) is 6.07 Å². The van der Waals surface area contributed by atoms with Crippen LogP contribution in [0.25, 0.3) is 0 Å². The molecule has 1 aromatic rings. The molecule has 1 heterocycles. The molecule has 0 bridgehead atoms. The molecule has 0 saturated heterocycles. The first-order valence-electron chi connectivity index (χ1n) is 4.77. The lowest BCUT2D eigenvalue weighted by Gasteiger charge is -2.05. The van der Waals surface area contributed by atoms with Gasteiger partial charge < -0.3 is 10.6 Å². The first-order valence-corrected chi connectivity index (χ1v) is 4.77. The number of hydrogen-bond acceptors (Lipinski definition) is 4. The molecule has 0 aliphatic heterocycles. The summed E-state index contributed by atoms with van der Waals surface area (Å²) in [7, 11) is 0. The zero-order valence-corrected chi connectivity index (χ0v) is 8.45. The first kappa shape index (κ1) is 10.5. The standard InChI is InChI=1S/C10H16N4/c1-3-5-11-9-7-10(12-6-4-2)14-8-13-9/h3,7-8H,1,4-6H2,2H3,(H2,11,12,13,14). The highest BCUT2D eigenvalue weighted by Crippen LogP contribution is 2.07. The maximum absolute atomic E-state index is 4.10. The fourth-order valence-corrected chi connectivity index (χ4v) is 0.980. The van der Waals surface area contributed by atoms with Gasteiger partial charge in [0.2, 0.25) is 0 Å². The maximum atomic E-state index is 4.10. The Bertz CT molecular complexity index is 285. The second kappa shape index (κ2) is 5.96. The van der Waals surface area contributed by atoms with Crippen molar-refractivity contribution in [1.82, 2.24) is 9.97 Å². The summed E-state index contributed by atoms with van der Waals surface area (Å²) in [5, 5.41) is 6.30. The van der Waals surface area contributed by atoms with Gasteiger partial charge in [0, 0.05) is 19.2 Å². The lowest BCUT2D eigenvalue weighted by atomic mass is 10.4. The third kappa shape index (κ3) is 3.43. The van der Waals surface area contributed by atoms with Crippen molar-refractivity contribution in [3.05, 3.63) is 25.0 Å². The molecular formula is C10H16N4. The van der Waals surface area contributed by atoms with Crippen LogP contribution in [-0.4, -0.2) is 23.1 Å². The fraction of sp³-hybridized carbons (Fsp3) is 0.400. The molecule has 1 aromatic heterocycles. The number of anilines is 2. The van der Waals surface area contributed by atoms with Crippen LogP contribution < -0.4 is 10.6 Å². The smallest absolute Gasteiger partial charge is 0.131 e. The summed E-state index contributed by atoms with van der Waals surface area (Å²) in [6.45, 7) is 7.38. The van der Waals surface area contributed by atoms with Crippen molar-refractivity contribution in [3.8, 4) is 0 Å². The number of rotatable bonds is 6. The van der Waals surface area contributed by atoms with Gasteiger partial charge in [-0.25, -0.2) is 9.97 Å². The highest BCUT2D eigenvalue weighted by atomic mass is 15.1. The summed E-state index contributed by atoms with van der Waals surface area (Å²) in [6, 6.07) is 1.89. The Morgan fingerprint density at radius 1 is 1.36 bits per heavy atom. The van der Waals surface area contributed by atoms with Gasteiger partial charge in [0.05, 0.1) is 0 Å². The lowest BCUT2D eigenvalue weighted by molar-refractivity contribution is 0.964. The Hall–Kier alpha value is -1.58. The highest BCUT2D eigenvalue weighted by molar-refractivity contribution is 5.46. The van der Waals surface area contributed by atoms with Crippen molar-refractivity contribution >= 4 is 11.6 Å². The molecule has 0 radical (unpaired) electrons. The van der Waals surface area contributed by atoms with Gasteiger partial charge in [-0.3, -0.25) is 0 Å². The van der Waals surface area contributed by atoms with Crippen molar-refractivity contribution in [2.45, 2.75) is 13.3 Å². The largest absolute Gasteiger partial charge is 0.370 e. The summed E-state index contributed by atoms with van der Waals surface area (Å²) in [5.74, 6) is 1.67. The minimum absolute atomic E-state index is 0.713. The van der Waals surface area contributed by atoms with Crippen LogP contribution in [0.3, 0.4) is 0 Å². The van der Waals surface area contributed by atoms with Crippen LogP contribution in [0.4, 0.5) is 11.6 Å². The molecule has 0 aliphatic rings. The van der Waals surface area contributed by atoms with Crippen LogP contribution in [0.1, 0.15) is 13.3 Å². The van der Waals surface area contributed by atoms with Gasteiger partial charge in [0.1, 0.15) is 18.0 Å². The fourth-order valence-electron chi connectivity index (χ4n) is 0.980. The molecule has 14 heavy (non-hydrogen) atoms. The third-order valence-corrected chi connectivity index (χ3v) is 1.65. The topological polar surface area (TPSA) is 49.8 Å². The van der Waals surface area contributed by atoms with Crippen LogP contribution in [0.5, 0.6) is 0 Å². The molecule has 0 unspecified atom stereocenters. The zero-order valence-electron chi connectivity index (χ0n) is 8.45. The summed E-state index contributed by atoms with van der Waals surface area (Å²) < 4.78 is 0. The molecule has 0 aromatic carbocycles. The second-order valence-corrected chi connectivity index (χ2v) is 2.88. The normalized spacial score (nSPS) is 9.50. The van der Waals surface area contributed by atoms with E-state index in [1.165, 1.54) is 0 Å². The van der Waals surface area contributed by atoms with E-state index in [1.54, 1.807) is 12.4 Å². The van der Waals surface area contributed by atoms with E-state index in [0.717, 1.165) is 24.6 Å². The van der Waals surface area contributed by atoms with Crippen molar-refractivity contribution in [2.24, 2.45) is 0 Å². The second-order valence-electron chi connectivity index (χ2n) is 2.88. The molecule has 76 valence electrons. The maximum Gasteiger partial charge on any atom is 0.131 e. The molecule has 4 heteroatoms. The SMILES string of the molecule is C=CCNc1cc(NCCC)ncn1. The number of nitrogens with one attached hydrogen (secondary N) is 2. The quantitative estimate of drug-likeness (QED) is 0.676. The van der Waals surface area contributed by atoms with Crippen LogP contribution >= 0.6 is 0 Å². The molecule has 0 fully saturated rings. The van der Waals surface area contributed by atoms with Crippen molar-refractivity contribution in [3.63, 3.8) is 0 Å². The minimum atomic E-state index is 0.713. The Morgan fingerprint density at radius 2 is 2.07 bits per heavy atom. The minimum Gasteiger partial charge on any atom is -0.370 e. The molecule has 0 spiro atoms. The van der Waals surface area contributed by atoms with E-state index in [9.17, 15) is 0 Å². The predicted octanol–water partition coefficient (Wildman–Crippen LogP) is 1.90. The molecular weight excluding hydrogens is 176 g/mol. The van der Waals surface area contributed by atoms with Crippen LogP contribution in [0.15, 0.2) is 25.0 Å². The Labute approximate surface area is 84.5 Å². The van der Waals surface area contributed by atoms with E-state index in [4.69, 9.17) is 0 Å². The van der Waals surface area contributed by atoms with E-state index in [2.05, 4.69) is 34.1 Å². The number of hydrogen-bond donors (Lipinski definition) is 2. The van der Waals surface area contributed by atoms with E-state index in [0.29, 0.717) is 6.54 Å². The summed E-state index contributed by atoms with van der Waals surface area (Å²) in [5.41, 5.74) is 0. The summed E-state index contributed by atoms with van der Waals surface area (Å²) in [4.78, 5) is 8.17. The van der Waals surface area contributed by atoms with Crippen molar-refractivity contribution < 1.29 is 0 Å². The number of nitrogens with zero attached hydrogens (tertiary/aromatic N) is 2. The molecule has 0 amide bonds. The molecule has 0 saturated carbocycles. The molecule has 4 nitrogen and oxygen atoms in total. The van der Waals surface area contributed by atoms with Gasteiger partial charge in [-0.15, -0.1) is 6.58 Å². The summed E-state index contributed by atoms with van der Waals surface area (Å²) in [6.07, 6.45) is 4.42. The van der Waals surface area contributed by atoms with Gasteiger partial charge in [-0.05, 0) is 6.42 Å². The van der Waals surface area contributed by atoms with Gasteiger partial charge in [0.15, 0.2) is 0 Å². The van der Waals surface area contributed by atoms with Gasteiger partial charge >= 0.3 is 0 Å². The van der Waals surface area contributed by atoms with Crippen LogP contribution in [0, 0.1) is 0 Å². The molecule has 0 aliphatic carbocycles. The van der Waals surface area contributed by atoms with E-state index >= 15 is 0 Å². The Kier molecular flexibility index (Phi) is 4.47. The van der Waals surface area contributed by atoms with E-state index < -0.39 is 0 Å². The number of aromatic nitrogens is 2. The van der Waals surface area contributed by atoms with Crippen LogP contribution in [-0.2, 0) is 0 Å². The zero-order chi connectivity index (χ0) is 10.2. The first-order chi connectivity index (χ1) is 6.86. The predicted molar refractivity (Wildman–Crippen MR) is 59.5 cm³/mol. The van der Waals surface area contributed by atoms with Gasteiger partial charge in [-0.1, -0.05) is 13.0 Å². The van der Waals surface area contributed by atoms with Crippen molar-refractivity contribution in [1.29, 1.82) is 0 Å². The average molecular weight is 192 g/mol. The van der Waals surface area contributed by atoms with Gasteiger partial charge in [0.25, 0.3) is 0 Å². The summed E-state index contributed by atoms with van der Waals surface area (Å²) >= 11 is 0. The van der Waals surface area contributed by atoms with Crippen molar-refractivity contribution in [2.75, 3.05) is 23.7 Å². The van der Waals surface area contributed by atoms with Gasteiger partial charge in [-0.2, -0.15) is 0 Å². The lowest BCUT2D eigenvalue weighted by Crippen LogP contribution is -2.05. The molecule has 0 atom stereocenters. The Morgan fingerprint density at radius 3 is 2.71 bits per heavy atom. The Balaban J connectivity index is 2.54. The third-order valence-electron chi connectivity index (χ3n) is 1.65. The molecule has 1 rings (SSSR count). The average Bonchev–Trinajstić information content (AvgIpc) is 2.24. The monoisotopic (exact) mass is 192 g/mol. The highest BCUT2D eigenvalue weighted by Gasteiger charge is 1.95.